The van der Waals surface area contributed by atoms with Crippen LogP contribution in [0, 0.1) is 0 Å². The molecule has 1 unspecified atom stereocenters. The van der Waals surface area contributed by atoms with Crippen LogP contribution in [0.1, 0.15) is 36.8 Å². The second kappa shape index (κ2) is 14.0. The summed E-state index contributed by atoms with van der Waals surface area (Å²) in [4.78, 5) is 11.5. The molecule has 3 rings (SSSR count). The van der Waals surface area contributed by atoms with E-state index in [0.717, 1.165) is 23.6 Å². The lowest BCUT2D eigenvalue weighted by atomic mass is 10.1. The predicted molar refractivity (Wildman–Crippen MR) is 138 cm³/mol. The van der Waals surface area contributed by atoms with E-state index in [1.807, 2.05) is 29.1 Å². The fourth-order valence-corrected chi connectivity index (χ4v) is 4.32. The van der Waals surface area contributed by atoms with E-state index >= 15 is 0 Å². The van der Waals surface area contributed by atoms with Crippen LogP contribution in [0.15, 0.2) is 36.9 Å². The van der Waals surface area contributed by atoms with Gasteiger partial charge in [0.1, 0.15) is 17.9 Å². The average Bonchev–Trinajstić information content (AvgIpc) is 3.56. The number of hydrogen-bond acceptors (Lipinski definition) is 9. The summed E-state index contributed by atoms with van der Waals surface area (Å²) in [6.45, 7) is 4.31. The summed E-state index contributed by atoms with van der Waals surface area (Å²) in [6.07, 6.45) is 7.83. The monoisotopic (exact) mass is 517 g/mol. The first-order chi connectivity index (χ1) is 18.0. The van der Waals surface area contributed by atoms with Gasteiger partial charge in [-0.15, -0.1) is 0 Å². The summed E-state index contributed by atoms with van der Waals surface area (Å²) < 4.78 is 37.2. The van der Waals surface area contributed by atoms with Gasteiger partial charge in [0, 0.05) is 52.7 Å². The first-order valence-electron chi connectivity index (χ1n) is 12.1. The molecule has 37 heavy (non-hydrogen) atoms. The maximum absolute atomic E-state index is 5.68. The summed E-state index contributed by atoms with van der Waals surface area (Å²) >= 11 is 0. The van der Waals surface area contributed by atoms with Gasteiger partial charge in [0.15, 0.2) is 17.8 Å². The second-order valence-corrected chi connectivity index (χ2v) is 8.42. The Labute approximate surface area is 218 Å². The first-order valence-corrected chi connectivity index (χ1v) is 12.1. The molecule has 0 aliphatic rings. The lowest BCUT2D eigenvalue weighted by Crippen LogP contribution is -2.28. The van der Waals surface area contributed by atoms with Crippen LogP contribution in [-0.4, -0.2) is 73.0 Å². The van der Waals surface area contributed by atoms with E-state index in [4.69, 9.17) is 28.4 Å². The molecule has 2 aromatic heterocycles. The Kier molecular flexibility index (Phi) is 10.8. The van der Waals surface area contributed by atoms with E-state index in [-0.39, 0.29) is 12.5 Å². The fourth-order valence-electron chi connectivity index (χ4n) is 4.32. The quantitative estimate of drug-likeness (QED) is 0.265. The van der Waals surface area contributed by atoms with Gasteiger partial charge in [-0.25, -0.2) is 9.97 Å². The molecule has 0 N–H and O–H groups in total. The van der Waals surface area contributed by atoms with Crippen LogP contribution in [0.2, 0.25) is 0 Å². The highest BCUT2D eigenvalue weighted by Gasteiger charge is 2.20. The van der Waals surface area contributed by atoms with Crippen molar-refractivity contribution in [3.05, 3.63) is 54.1 Å². The Morgan fingerprint density at radius 2 is 1.41 bits per heavy atom. The maximum atomic E-state index is 5.68. The maximum Gasteiger partial charge on any atom is 0.203 e. The van der Waals surface area contributed by atoms with Crippen LogP contribution in [-0.2, 0) is 40.4 Å². The minimum atomic E-state index is -0.373. The molecule has 0 spiro atoms. The number of rotatable bonds is 16. The third-order valence-electron chi connectivity index (χ3n) is 6.21. The molecule has 1 aromatic carbocycles. The van der Waals surface area contributed by atoms with Crippen LogP contribution in [0.4, 0.5) is 0 Å². The van der Waals surface area contributed by atoms with Gasteiger partial charge in [0.25, 0.3) is 0 Å². The molecule has 0 aliphatic carbocycles. The van der Waals surface area contributed by atoms with Crippen LogP contribution >= 0.6 is 0 Å². The number of nitrogens with zero attached hydrogens (tertiary/aromatic N) is 5. The predicted octanol–water partition coefficient (Wildman–Crippen LogP) is 3.48. The standard InChI is InChI=1S/C26H39N5O6/c1-8-24(34-4)31-12-10-28-23(31)17-29(16-22-27-9-11-30(22)18-25(35-5)36-6)15-19-13-20(32-2)26(37-7)21(14-19)33-3/h9-14,24-25H,8,15-18H2,1-7H3. The summed E-state index contributed by atoms with van der Waals surface area (Å²) in [7, 11) is 9.79. The van der Waals surface area contributed by atoms with Gasteiger partial charge in [-0.05, 0) is 24.1 Å². The van der Waals surface area contributed by atoms with Gasteiger partial charge in [-0.2, -0.15) is 0 Å². The molecule has 1 atom stereocenters. The fraction of sp³-hybridized carbons (Fsp3) is 0.538. The highest BCUT2D eigenvalue weighted by atomic mass is 16.7. The van der Waals surface area contributed by atoms with E-state index in [1.54, 1.807) is 55.1 Å². The van der Waals surface area contributed by atoms with Crippen LogP contribution < -0.4 is 14.2 Å². The van der Waals surface area contributed by atoms with Crippen molar-refractivity contribution in [2.24, 2.45) is 0 Å². The van der Waals surface area contributed by atoms with Crippen molar-refractivity contribution < 1.29 is 28.4 Å². The molecule has 0 aliphatic heterocycles. The van der Waals surface area contributed by atoms with Crippen LogP contribution in [0.3, 0.4) is 0 Å². The Hall–Kier alpha value is -3.12. The van der Waals surface area contributed by atoms with E-state index in [9.17, 15) is 0 Å². The number of hydrogen-bond donors (Lipinski definition) is 0. The first kappa shape index (κ1) is 28.5. The van der Waals surface area contributed by atoms with Crippen LogP contribution in [0.5, 0.6) is 17.2 Å². The van der Waals surface area contributed by atoms with Gasteiger partial charge in [0.2, 0.25) is 5.75 Å². The van der Waals surface area contributed by atoms with Gasteiger partial charge >= 0.3 is 0 Å². The molecule has 204 valence electrons. The number of ether oxygens (including phenoxy) is 6. The van der Waals surface area contributed by atoms with Crippen LogP contribution in [0.25, 0.3) is 0 Å². The van der Waals surface area contributed by atoms with Crippen molar-refractivity contribution in [3.8, 4) is 17.2 Å². The van der Waals surface area contributed by atoms with Crippen molar-refractivity contribution in [1.29, 1.82) is 0 Å². The minimum absolute atomic E-state index is 0.0910. The Morgan fingerprint density at radius 1 is 0.784 bits per heavy atom. The Bertz CT molecular complexity index is 1070. The minimum Gasteiger partial charge on any atom is -0.493 e. The van der Waals surface area contributed by atoms with Gasteiger partial charge in [-0.1, -0.05) is 6.92 Å². The Balaban J connectivity index is 1.95. The highest BCUT2D eigenvalue weighted by Crippen LogP contribution is 2.38. The van der Waals surface area contributed by atoms with Gasteiger partial charge in [-0.3, -0.25) is 4.90 Å². The van der Waals surface area contributed by atoms with Gasteiger partial charge < -0.3 is 37.6 Å². The molecular formula is C26H39N5O6. The topological polar surface area (TPSA) is 94.3 Å². The smallest absolute Gasteiger partial charge is 0.203 e. The van der Waals surface area contributed by atoms with E-state index in [2.05, 4.69) is 26.4 Å². The Morgan fingerprint density at radius 3 is 1.97 bits per heavy atom. The number of aromatic nitrogens is 4. The van der Waals surface area contributed by atoms with E-state index in [0.29, 0.717) is 43.4 Å². The third kappa shape index (κ3) is 7.01. The number of imidazole rings is 2. The normalized spacial score (nSPS) is 12.4. The molecule has 0 bridgehead atoms. The highest BCUT2D eigenvalue weighted by molar-refractivity contribution is 5.53. The second-order valence-electron chi connectivity index (χ2n) is 8.42. The largest absolute Gasteiger partial charge is 0.493 e. The molecule has 0 amide bonds. The SMILES string of the molecule is CCC(OC)n1ccnc1CN(Cc1cc(OC)c(OC)c(OC)c1)Cc1nccn1CC(OC)OC. The van der Waals surface area contributed by atoms with Crippen molar-refractivity contribution in [2.45, 2.75) is 52.0 Å². The number of benzene rings is 1. The molecule has 0 saturated heterocycles. The lowest BCUT2D eigenvalue weighted by Gasteiger charge is -2.25. The lowest BCUT2D eigenvalue weighted by molar-refractivity contribution is -0.111. The van der Waals surface area contributed by atoms with Crippen molar-refractivity contribution >= 4 is 0 Å². The van der Waals surface area contributed by atoms with Crippen molar-refractivity contribution in [2.75, 3.05) is 42.7 Å². The van der Waals surface area contributed by atoms with Gasteiger partial charge in [0.05, 0.1) is 41.0 Å². The molecule has 11 nitrogen and oxygen atoms in total. The third-order valence-corrected chi connectivity index (χ3v) is 6.21. The van der Waals surface area contributed by atoms with E-state index in [1.165, 1.54) is 0 Å². The van der Waals surface area contributed by atoms with E-state index < -0.39 is 0 Å². The average molecular weight is 518 g/mol. The number of methoxy groups -OCH3 is 6. The molecule has 0 saturated carbocycles. The van der Waals surface area contributed by atoms with Crippen molar-refractivity contribution in [1.82, 2.24) is 24.0 Å². The summed E-state index contributed by atoms with van der Waals surface area (Å²) in [5.41, 5.74) is 0.996. The summed E-state index contributed by atoms with van der Waals surface area (Å²) in [5.74, 6) is 3.54. The molecule has 11 heteroatoms. The van der Waals surface area contributed by atoms with Crippen molar-refractivity contribution in [3.63, 3.8) is 0 Å². The molecule has 0 radical (unpaired) electrons. The molecule has 2 heterocycles. The zero-order valence-electron chi connectivity index (χ0n) is 22.8. The summed E-state index contributed by atoms with van der Waals surface area (Å²) in [5, 5.41) is 0. The molecular weight excluding hydrogens is 478 g/mol. The molecule has 3 aromatic rings. The zero-order valence-corrected chi connectivity index (χ0v) is 22.8. The molecule has 0 fully saturated rings. The summed E-state index contributed by atoms with van der Waals surface area (Å²) in [6, 6.07) is 3.92. The zero-order chi connectivity index (χ0) is 26.8.